The molecular formula is C18H14F2N4O3. The van der Waals surface area contributed by atoms with E-state index < -0.39 is 35.0 Å². The van der Waals surface area contributed by atoms with Crippen molar-refractivity contribution in [2.24, 2.45) is 0 Å². The maximum absolute atomic E-state index is 13.5. The molecule has 0 saturated heterocycles. The van der Waals surface area contributed by atoms with E-state index in [0.717, 1.165) is 12.1 Å². The summed E-state index contributed by atoms with van der Waals surface area (Å²) in [4.78, 5) is 36.7. The van der Waals surface area contributed by atoms with Gasteiger partial charge in [-0.25, -0.2) is 13.9 Å². The van der Waals surface area contributed by atoms with Gasteiger partial charge in [0.25, 0.3) is 11.5 Å². The van der Waals surface area contributed by atoms with Crippen LogP contribution in [0.2, 0.25) is 0 Å². The first-order valence-electron chi connectivity index (χ1n) is 7.87. The van der Waals surface area contributed by atoms with Crippen molar-refractivity contribution in [1.29, 1.82) is 0 Å². The molecule has 3 N–H and O–H groups in total. The molecule has 7 nitrogen and oxygen atoms in total. The van der Waals surface area contributed by atoms with Crippen LogP contribution in [0.3, 0.4) is 0 Å². The molecule has 27 heavy (non-hydrogen) atoms. The summed E-state index contributed by atoms with van der Waals surface area (Å²) in [6.07, 6.45) is 0. The van der Waals surface area contributed by atoms with Gasteiger partial charge in [-0.2, -0.15) is 5.10 Å². The summed E-state index contributed by atoms with van der Waals surface area (Å²) < 4.78 is 26.7. The Balaban J connectivity index is 2.01. The Morgan fingerprint density at radius 2 is 1.78 bits per heavy atom. The highest BCUT2D eigenvalue weighted by Crippen LogP contribution is 2.19. The van der Waals surface area contributed by atoms with Gasteiger partial charge in [0.05, 0.1) is 5.39 Å². The monoisotopic (exact) mass is 372 g/mol. The van der Waals surface area contributed by atoms with Gasteiger partial charge in [0.1, 0.15) is 6.04 Å². The standard InChI is InChI=1S/C18H14F2N4O3/c1-21-17(26)14(9-6-7-12(19)13(20)8-9)22-18(27)15-10-4-2-3-5-11(10)16(25)24-23-15/h2-8,14H,1H3,(H,21,26)(H,22,27)(H,24,25). The van der Waals surface area contributed by atoms with E-state index in [9.17, 15) is 23.2 Å². The molecule has 0 radical (unpaired) electrons. The van der Waals surface area contributed by atoms with E-state index in [1.54, 1.807) is 18.2 Å². The molecule has 0 saturated carbocycles. The molecule has 1 unspecified atom stereocenters. The second-order valence-electron chi connectivity index (χ2n) is 5.64. The van der Waals surface area contributed by atoms with Gasteiger partial charge in [0.15, 0.2) is 17.3 Å². The maximum atomic E-state index is 13.5. The lowest BCUT2D eigenvalue weighted by molar-refractivity contribution is -0.122. The number of nitrogens with zero attached hydrogens (tertiary/aromatic N) is 1. The minimum absolute atomic E-state index is 0.0512. The summed E-state index contributed by atoms with van der Waals surface area (Å²) in [5.41, 5.74) is -0.525. The van der Waals surface area contributed by atoms with Crippen molar-refractivity contribution in [1.82, 2.24) is 20.8 Å². The van der Waals surface area contributed by atoms with Crippen LogP contribution in [0.5, 0.6) is 0 Å². The lowest BCUT2D eigenvalue weighted by atomic mass is 10.0. The summed E-state index contributed by atoms with van der Waals surface area (Å²) >= 11 is 0. The molecule has 2 aromatic carbocycles. The second-order valence-corrected chi connectivity index (χ2v) is 5.64. The molecule has 1 aromatic heterocycles. The number of hydrogen-bond donors (Lipinski definition) is 3. The van der Waals surface area contributed by atoms with Gasteiger partial charge >= 0.3 is 0 Å². The topological polar surface area (TPSA) is 104 Å². The Hall–Kier alpha value is -3.62. The Kier molecular flexibility index (Phi) is 4.93. The first kappa shape index (κ1) is 18.2. The van der Waals surface area contributed by atoms with Gasteiger partial charge in [0.2, 0.25) is 5.91 Å². The van der Waals surface area contributed by atoms with Gasteiger partial charge in [-0.05, 0) is 23.8 Å². The molecule has 3 rings (SSSR count). The molecule has 1 heterocycles. The van der Waals surface area contributed by atoms with Crippen LogP contribution in [-0.4, -0.2) is 29.1 Å². The Bertz CT molecular complexity index is 1100. The summed E-state index contributed by atoms with van der Waals surface area (Å²) in [7, 11) is 1.34. The predicted octanol–water partition coefficient (Wildman–Crippen LogP) is 1.42. The molecule has 2 amide bonds. The van der Waals surface area contributed by atoms with Gasteiger partial charge < -0.3 is 10.6 Å². The fraction of sp³-hybridized carbons (Fsp3) is 0.111. The third-order valence-electron chi connectivity index (χ3n) is 3.97. The lowest BCUT2D eigenvalue weighted by Crippen LogP contribution is -2.39. The third kappa shape index (κ3) is 3.52. The number of nitrogens with one attached hydrogen (secondary N) is 3. The van der Waals surface area contributed by atoms with Crippen molar-refractivity contribution in [3.63, 3.8) is 0 Å². The minimum atomic E-state index is -1.29. The number of H-pyrrole nitrogens is 1. The quantitative estimate of drug-likeness (QED) is 0.644. The number of rotatable bonds is 4. The average molecular weight is 372 g/mol. The largest absolute Gasteiger partial charge is 0.357 e. The van der Waals surface area contributed by atoms with Crippen LogP contribution in [0.25, 0.3) is 10.8 Å². The van der Waals surface area contributed by atoms with Crippen molar-refractivity contribution in [3.8, 4) is 0 Å². The number of halogens is 2. The molecule has 9 heteroatoms. The third-order valence-corrected chi connectivity index (χ3v) is 3.97. The molecule has 0 aliphatic rings. The van der Waals surface area contributed by atoms with Crippen LogP contribution in [0.4, 0.5) is 8.78 Å². The predicted molar refractivity (Wildman–Crippen MR) is 93.0 cm³/mol. The zero-order valence-corrected chi connectivity index (χ0v) is 14.0. The number of aromatic amines is 1. The van der Waals surface area contributed by atoms with Gasteiger partial charge in [-0.15, -0.1) is 0 Å². The van der Waals surface area contributed by atoms with Gasteiger partial charge in [-0.3, -0.25) is 14.4 Å². The second kappa shape index (κ2) is 7.32. The molecule has 0 bridgehead atoms. The lowest BCUT2D eigenvalue weighted by Gasteiger charge is -2.18. The van der Waals surface area contributed by atoms with Crippen LogP contribution in [0.1, 0.15) is 22.1 Å². The number of fused-ring (bicyclic) bond motifs is 1. The summed E-state index contributed by atoms with van der Waals surface area (Å²) in [6, 6.07) is 7.92. The van der Waals surface area contributed by atoms with Crippen molar-refractivity contribution in [2.75, 3.05) is 7.05 Å². The summed E-state index contributed by atoms with van der Waals surface area (Å²) in [5.74, 6) is -3.62. The fourth-order valence-electron chi connectivity index (χ4n) is 2.62. The highest BCUT2D eigenvalue weighted by atomic mass is 19.2. The van der Waals surface area contributed by atoms with Crippen molar-refractivity contribution in [3.05, 3.63) is 75.7 Å². The zero-order chi connectivity index (χ0) is 19.6. The average Bonchev–Trinajstić information content (AvgIpc) is 2.68. The normalized spacial score (nSPS) is 11.8. The molecule has 3 aromatic rings. The van der Waals surface area contributed by atoms with Crippen LogP contribution in [0, 0.1) is 11.6 Å². The highest BCUT2D eigenvalue weighted by Gasteiger charge is 2.25. The molecule has 0 aliphatic carbocycles. The maximum Gasteiger partial charge on any atom is 0.273 e. The van der Waals surface area contributed by atoms with Crippen molar-refractivity contribution >= 4 is 22.6 Å². The van der Waals surface area contributed by atoms with E-state index in [0.29, 0.717) is 5.39 Å². The van der Waals surface area contributed by atoms with Gasteiger partial charge in [0, 0.05) is 12.4 Å². The Labute approximate surface area is 151 Å². The Morgan fingerprint density at radius 3 is 2.44 bits per heavy atom. The first-order valence-corrected chi connectivity index (χ1v) is 7.87. The number of carbonyl (C=O) groups excluding carboxylic acids is 2. The number of likely N-dealkylation sites (N-methyl/N-ethyl adjacent to an activating group) is 1. The number of benzene rings is 2. The molecular weight excluding hydrogens is 358 g/mol. The van der Waals surface area contributed by atoms with Gasteiger partial charge in [-0.1, -0.05) is 24.3 Å². The van der Waals surface area contributed by atoms with E-state index in [2.05, 4.69) is 20.8 Å². The van der Waals surface area contributed by atoms with E-state index in [-0.39, 0.29) is 16.6 Å². The Morgan fingerprint density at radius 1 is 1.07 bits per heavy atom. The van der Waals surface area contributed by atoms with Crippen LogP contribution >= 0.6 is 0 Å². The molecule has 0 spiro atoms. The van der Waals surface area contributed by atoms with Crippen LogP contribution in [-0.2, 0) is 4.79 Å². The van der Waals surface area contributed by atoms with Crippen molar-refractivity contribution < 1.29 is 18.4 Å². The van der Waals surface area contributed by atoms with E-state index in [4.69, 9.17) is 0 Å². The molecule has 0 fully saturated rings. The zero-order valence-electron chi connectivity index (χ0n) is 14.0. The first-order chi connectivity index (χ1) is 12.9. The summed E-state index contributed by atoms with van der Waals surface area (Å²) in [6.45, 7) is 0. The molecule has 1 atom stereocenters. The fourth-order valence-corrected chi connectivity index (χ4v) is 2.62. The van der Waals surface area contributed by atoms with Crippen LogP contribution in [0.15, 0.2) is 47.3 Å². The number of carbonyl (C=O) groups is 2. The SMILES string of the molecule is CNC(=O)C(NC(=O)c1n[nH]c(=O)c2ccccc12)c1ccc(F)c(F)c1. The van der Waals surface area contributed by atoms with Crippen LogP contribution < -0.4 is 16.2 Å². The van der Waals surface area contributed by atoms with E-state index >= 15 is 0 Å². The molecule has 0 aliphatic heterocycles. The number of amides is 2. The highest BCUT2D eigenvalue weighted by molar-refractivity contribution is 6.06. The van der Waals surface area contributed by atoms with E-state index in [1.165, 1.54) is 19.2 Å². The number of hydrogen-bond acceptors (Lipinski definition) is 4. The van der Waals surface area contributed by atoms with E-state index in [1.807, 2.05) is 0 Å². The van der Waals surface area contributed by atoms with Crippen molar-refractivity contribution in [2.45, 2.75) is 6.04 Å². The summed E-state index contributed by atoms with van der Waals surface area (Å²) in [5, 5.41) is 11.3. The number of aromatic nitrogens is 2. The molecule has 138 valence electrons. The minimum Gasteiger partial charge on any atom is -0.357 e. The smallest absolute Gasteiger partial charge is 0.273 e.